The Morgan fingerprint density at radius 3 is 2.35 bits per heavy atom. The molecule has 0 aliphatic rings. The highest BCUT2D eigenvalue weighted by Gasteiger charge is 2.27. The number of aryl methyl sites for hydroxylation is 1. The standard InChI is InChI=1S/C23H23BrN2O4S/c1-16-8-13-22(30-2)20(14-16)25-23(27)21(15-17-6-4-3-5-7-17)26-31(28,29)19-11-9-18(24)10-12-19/h3-14,21,26H,15H2,1-2H3,(H,25,27)/t21-/m0/s1. The van der Waals surface area contributed by atoms with Crippen LogP contribution in [0.3, 0.4) is 0 Å². The fourth-order valence-corrected chi connectivity index (χ4v) is 4.51. The lowest BCUT2D eigenvalue weighted by Gasteiger charge is -2.20. The van der Waals surface area contributed by atoms with E-state index in [0.29, 0.717) is 11.4 Å². The van der Waals surface area contributed by atoms with E-state index >= 15 is 0 Å². The van der Waals surface area contributed by atoms with Crippen LogP contribution in [0.25, 0.3) is 0 Å². The smallest absolute Gasteiger partial charge is 0.243 e. The van der Waals surface area contributed by atoms with E-state index in [2.05, 4.69) is 26.0 Å². The summed E-state index contributed by atoms with van der Waals surface area (Å²) in [6.07, 6.45) is 0.191. The lowest BCUT2D eigenvalue weighted by Crippen LogP contribution is -2.45. The molecule has 0 aliphatic heterocycles. The van der Waals surface area contributed by atoms with E-state index in [1.807, 2.05) is 43.3 Å². The summed E-state index contributed by atoms with van der Waals surface area (Å²) in [5.41, 5.74) is 2.25. The molecule has 0 fully saturated rings. The van der Waals surface area contributed by atoms with Crippen LogP contribution in [0.2, 0.25) is 0 Å². The van der Waals surface area contributed by atoms with E-state index in [9.17, 15) is 13.2 Å². The van der Waals surface area contributed by atoms with Crippen molar-refractivity contribution in [3.8, 4) is 5.75 Å². The normalized spacial score (nSPS) is 12.2. The number of amides is 1. The number of benzene rings is 3. The van der Waals surface area contributed by atoms with Crippen molar-refractivity contribution in [1.29, 1.82) is 0 Å². The van der Waals surface area contributed by atoms with E-state index < -0.39 is 22.0 Å². The largest absolute Gasteiger partial charge is 0.495 e. The third-order valence-corrected chi connectivity index (χ3v) is 6.65. The van der Waals surface area contributed by atoms with Crippen LogP contribution >= 0.6 is 15.9 Å². The van der Waals surface area contributed by atoms with Gasteiger partial charge in [0.2, 0.25) is 15.9 Å². The van der Waals surface area contributed by atoms with Gasteiger partial charge in [0.15, 0.2) is 0 Å². The van der Waals surface area contributed by atoms with Crippen LogP contribution in [-0.2, 0) is 21.2 Å². The van der Waals surface area contributed by atoms with Crippen LogP contribution in [0.15, 0.2) is 82.2 Å². The number of halogens is 1. The molecule has 0 aromatic heterocycles. The lowest BCUT2D eigenvalue weighted by molar-refractivity contribution is -0.117. The first-order chi connectivity index (χ1) is 14.8. The third-order valence-electron chi connectivity index (χ3n) is 4.63. The Kier molecular flexibility index (Phi) is 7.48. The highest BCUT2D eigenvalue weighted by molar-refractivity contribution is 9.10. The minimum absolute atomic E-state index is 0.0784. The number of ether oxygens (including phenoxy) is 1. The van der Waals surface area contributed by atoms with Crippen LogP contribution in [-0.4, -0.2) is 27.5 Å². The highest BCUT2D eigenvalue weighted by Crippen LogP contribution is 2.25. The van der Waals surface area contributed by atoms with Gasteiger partial charge in [-0.25, -0.2) is 8.42 Å². The van der Waals surface area contributed by atoms with E-state index in [1.165, 1.54) is 19.2 Å². The van der Waals surface area contributed by atoms with Gasteiger partial charge in [-0.15, -0.1) is 0 Å². The first kappa shape index (κ1) is 23.0. The first-order valence-corrected chi connectivity index (χ1v) is 11.8. The quantitative estimate of drug-likeness (QED) is 0.480. The molecule has 8 heteroatoms. The Morgan fingerprint density at radius 2 is 1.71 bits per heavy atom. The number of rotatable bonds is 8. The molecule has 2 N–H and O–H groups in total. The fraction of sp³-hybridized carbons (Fsp3) is 0.174. The van der Waals surface area contributed by atoms with E-state index in [-0.39, 0.29) is 11.3 Å². The van der Waals surface area contributed by atoms with Crippen LogP contribution < -0.4 is 14.8 Å². The molecular formula is C23H23BrN2O4S. The second-order valence-corrected chi connectivity index (χ2v) is 9.64. The molecule has 31 heavy (non-hydrogen) atoms. The summed E-state index contributed by atoms with van der Waals surface area (Å²) in [5.74, 6) is 0.0154. The molecule has 3 aromatic rings. The number of hydrogen-bond donors (Lipinski definition) is 2. The Bertz CT molecular complexity index is 1150. The van der Waals surface area contributed by atoms with Gasteiger partial charge in [-0.1, -0.05) is 52.3 Å². The molecule has 162 valence electrons. The number of sulfonamides is 1. The second-order valence-electron chi connectivity index (χ2n) is 7.01. The number of nitrogens with one attached hydrogen (secondary N) is 2. The van der Waals surface area contributed by atoms with Crippen molar-refractivity contribution in [2.24, 2.45) is 0 Å². The molecule has 1 amide bonds. The zero-order valence-corrected chi connectivity index (χ0v) is 19.5. The molecule has 6 nitrogen and oxygen atoms in total. The van der Waals surface area contributed by atoms with Crippen LogP contribution in [0.1, 0.15) is 11.1 Å². The van der Waals surface area contributed by atoms with Gasteiger partial charge in [0.1, 0.15) is 11.8 Å². The summed E-state index contributed by atoms with van der Waals surface area (Å²) in [6, 6.07) is 19.9. The first-order valence-electron chi connectivity index (χ1n) is 9.56. The number of carbonyl (C=O) groups is 1. The van der Waals surface area contributed by atoms with Gasteiger partial charge < -0.3 is 10.1 Å². The van der Waals surface area contributed by atoms with Crippen LogP contribution in [0, 0.1) is 6.92 Å². The van der Waals surface area contributed by atoms with Gasteiger partial charge >= 0.3 is 0 Å². The Labute approximate surface area is 190 Å². The minimum atomic E-state index is -3.92. The van der Waals surface area contributed by atoms with E-state index in [0.717, 1.165) is 15.6 Å². The Balaban J connectivity index is 1.90. The molecule has 0 bridgehead atoms. The maximum Gasteiger partial charge on any atom is 0.243 e. The van der Waals surface area contributed by atoms with Gasteiger partial charge in [0, 0.05) is 4.47 Å². The molecule has 3 aromatic carbocycles. The number of methoxy groups -OCH3 is 1. The number of hydrogen-bond acceptors (Lipinski definition) is 4. The van der Waals surface area contributed by atoms with Gasteiger partial charge in [-0.3, -0.25) is 4.79 Å². The summed E-state index contributed by atoms with van der Waals surface area (Å²) < 4.78 is 34.5. The van der Waals surface area contributed by atoms with Crippen molar-refractivity contribution in [3.05, 3.63) is 88.4 Å². The van der Waals surface area contributed by atoms with Crippen molar-refractivity contribution in [2.75, 3.05) is 12.4 Å². The Morgan fingerprint density at radius 1 is 1.03 bits per heavy atom. The van der Waals surface area contributed by atoms with E-state index in [4.69, 9.17) is 4.74 Å². The van der Waals surface area contributed by atoms with Crippen LogP contribution in [0.5, 0.6) is 5.75 Å². The molecule has 0 saturated carbocycles. The third kappa shape index (κ3) is 6.16. The zero-order chi connectivity index (χ0) is 22.4. The van der Waals surface area contributed by atoms with E-state index in [1.54, 1.807) is 24.3 Å². The van der Waals surface area contributed by atoms with Gasteiger partial charge in [-0.2, -0.15) is 4.72 Å². The molecular weight excluding hydrogens is 480 g/mol. The predicted molar refractivity (Wildman–Crippen MR) is 125 cm³/mol. The molecule has 1 atom stereocenters. The lowest BCUT2D eigenvalue weighted by atomic mass is 10.1. The van der Waals surface area contributed by atoms with Crippen molar-refractivity contribution < 1.29 is 17.9 Å². The fourth-order valence-electron chi connectivity index (χ4n) is 3.05. The summed E-state index contributed by atoms with van der Waals surface area (Å²) in [4.78, 5) is 13.2. The average Bonchev–Trinajstić information content (AvgIpc) is 2.74. The molecule has 0 aliphatic carbocycles. The Hall–Kier alpha value is -2.68. The molecule has 0 saturated heterocycles. The summed E-state index contributed by atoms with van der Waals surface area (Å²) in [7, 11) is -2.41. The second kappa shape index (κ2) is 10.1. The maximum atomic E-state index is 13.2. The number of anilines is 1. The summed E-state index contributed by atoms with van der Waals surface area (Å²) in [5, 5.41) is 2.81. The number of carbonyl (C=O) groups excluding carboxylic acids is 1. The summed E-state index contributed by atoms with van der Waals surface area (Å²) in [6.45, 7) is 1.90. The highest BCUT2D eigenvalue weighted by atomic mass is 79.9. The van der Waals surface area contributed by atoms with Gasteiger partial charge in [0.05, 0.1) is 17.7 Å². The monoisotopic (exact) mass is 502 g/mol. The maximum absolute atomic E-state index is 13.2. The van der Waals surface area contributed by atoms with Crippen molar-refractivity contribution >= 4 is 37.5 Å². The molecule has 0 radical (unpaired) electrons. The van der Waals surface area contributed by atoms with Gasteiger partial charge in [0.25, 0.3) is 0 Å². The van der Waals surface area contributed by atoms with Crippen molar-refractivity contribution in [2.45, 2.75) is 24.3 Å². The SMILES string of the molecule is COc1ccc(C)cc1NC(=O)[C@H](Cc1ccccc1)NS(=O)(=O)c1ccc(Br)cc1. The van der Waals surface area contributed by atoms with Gasteiger partial charge in [-0.05, 0) is 60.9 Å². The summed E-state index contributed by atoms with van der Waals surface area (Å²) >= 11 is 3.30. The molecule has 0 heterocycles. The molecule has 0 unspecified atom stereocenters. The van der Waals surface area contributed by atoms with Crippen molar-refractivity contribution in [1.82, 2.24) is 4.72 Å². The van der Waals surface area contributed by atoms with Crippen molar-refractivity contribution in [3.63, 3.8) is 0 Å². The average molecular weight is 503 g/mol. The zero-order valence-electron chi connectivity index (χ0n) is 17.1. The van der Waals surface area contributed by atoms with Crippen LogP contribution in [0.4, 0.5) is 5.69 Å². The topological polar surface area (TPSA) is 84.5 Å². The minimum Gasteiger partial charge on any atom is -0.495 e. The molecule has 3 rings (SSSR count). The predicted octanol–water partition coefficient (Wildman–Crippen LogP) is 4.29. The molecule has 0 spiro atoms.